The summed E-state index contributed by atoms with van der Waals surface area (Å²) < 4.78 is 18.7. The number of hydrogen-bond acceptors (Lipinski definition) is 3. The van der Waals surface area contributed by atoms with E-state index in [1.165, 1.54) is 17.0 Å². The number of nitrogens with zero attached hydrogens (tertiary/aromatic N) is 1. The molecule has 0 heterocycles. The summed E-state index contributed by atoms with van der Waals surface area (Å²) in [5.74, 6) is -1.73. The van der Waals surface area contributed by atoms with Gasteiger partial charge in [0, 0.05) is 19.7 Å². The minimum atomic E-state index is -0.831. The molecule has 2 aromatic rings. The van der Waals surface area contributed by atoms with Gasteiger partial charge < -0.3 is 15.0 Å². The standard InChI is InChI=1S/C19H21FN2O3/c1-3-25-17-10-9-15(20)13-16(17)21-18(23)19(24)22(2)12-11-14-7-5-4-6-8-14/h4-10,13H,3,11-12H2,1-2H3,(H,21,23). The number of benzene rings is 2. The van der Waals surface area contributed by atoms with Gasteiger partial charge in [0.05, 0.1) is 12.3 Å². The van der Waals surface area contributed by atoms with Crippen LogP contribution >= 0.6 is 0 Å². The zero-order valence-electron chi connectivity index (χ0n) is 14.3. The molecule has 5 nitrogen and oxygen atoms in total. The van der Waals surface area contributed by atoms with Crippen LogP contribution in [0, 0.1) is 5.82 Å². The van der Waals surface area contributed by atoms with Crippen molar-refractivity contribution in [2.75, 3.05) is 25.5 Å². The Hall–Kier alpha value is -2.89. The minimum absolute atomic E-state index is 0.136. The monoisotopic (exact) mass is 344 g/mol. The number of ether oxygens (including phenoxy) is 1. The van der Waals surface area contributed by atoms with E-state index in [1.807, 2.05) is 30.3 Å². The third-order valence-electron chi connectivity index (χ3n) is 3.61. The Bertz CT molecular complexity index is 735. The Labute approximate surface area is 146 Å². The highest BCUT2D eigenvalue weighted by atomic mass is 19.1. The molecule has 2 amide bonds. The number of likely N-dealkylation sites (N-methyl/N-ethyl adjacent to an activating group) is 1. The predicted molar refractivity (Wildman–Crippen MR) is 94.0 cm³/mol. The van der Waals surface area contributed by atoms with Crippen LogP contribution in [0.5, 0.6) is 5.75 Å². The van der Waals surface area contributed by atoms with Crippen molar-refractivity contribution in [1.82, 2.24) is 4.90 Å². The highest BCUT2D eigenvalue weighted by Gasteiger charge is 2.20. The summed E-state index contributed by atoms with van der Waals surface area (Å²) in [7, 11) is 1.56. The van der Waals surface area contributed by atoms with E-state index in [4.69, 9.17) is 4.74 Å². The average Bonchev–Trinajstić information content (AvgIpc) is 2.62. The number of anilines is 1. The average molecular weight is 344 g/mol. The summed E-state index contributed by atoms with van der Waals surface area (Å²) in [6, 6.07) is 13.4. The molecule has 2 rings (SSSR count). The van der Waals surface area contributed by atoms with Crippen molar-refractivity contribution >= 4 is 17.5 Å². The van der Waals surface area contributed by atoms with E-state index in [9.17, 15) is 14.0 Å². The topological polar surface area (TPSA) is 58.6 Å². The van der Waals surface area contributed by atoms with Crippen molar-refractivity contribution in [2.45, 2.75) is 13.3 Å². The maximum Gasteiger partial charge on any atom is 0.313 e. The smallest absolute Gasteiger partial charge is 0.313 e. The van der Waals surface area contributed by atoms with Crippen LogP contribution < -0.4 is 10.1 Å². The fraction of sp³-hybridized carbons (Fsp3) is 0.263. The Morgan fingerprint density at radius 1 is 1.16 bits per heavy atom. The van der Waals surface area contributed by atoms with Gasteiger partial charge in [-0.05, 0) is 31.0 Å². The SMILES string of the molecule is CCOc1ccc(F)cc1NC(=O)C(=O)N(C)CCc1ccccc1. The maximum absolute atomic E-state index is 13.4. The molecule has 25 heavy (non-hydrogen) atoms. The molecule has 0 saturated heterocycles. The zero-order chi connectivity index (χ0) is 18.2. The largest absolute Gasteiger partial charge is 0.492 e. The molecular formula is C19H21FN2O3. The van der Waals surface area contributed by atoms with Crippen LogP contribution in [0.3, 0.4) is 0 Å². The van der Waals surface area contributed by atoms with Crippen molar-refractivity contribution in [3.05, 3.63) is 59.9 Å². The first kappa shape index (κ1) is 18.4. The van der Waals surface area contributed by atoms with Crippen LogP contribution in [0.25, 0.3) is 0 Å². The predicted octanol–water partition coefficient (Wildman–Crippen LogP) is 2.86. The normalized spacial score (nSPS) is 10.2. The molecule has 0 aliphatic rings. The lowest BCUT2D eigenvalue weighted by molar-refractivity contribution is -0.142. The molecule has 1 N–H and O–H groups in total. The number of hydrogen-bond donors (Lipinski definition) is 1. The van der Waals surface area contributed by atoms with Crippen molar-refractivity contribution in [2.24, 2.45) is 0 Å². The van der Waals surface area contributed by atoms with Crippen molar-refractivity contribution in [3.8, 4) is 5.75 Å². The van der Waals surface area contributed by atoms with Crippen molar-refractivity contribution < 1.29 is 18.7 Å². The van der Waals surface area contributed by atoms with Gasteiger partial charge in [0.15, 0.2) is 0 Å². The van der Waals surface area contributed by atoms with Crippen molar-refractivity contribution in [1.29, 1.82) is 0 Å². The van der Waals surface area contributed by atoms with Gasteiger partial charge in [0.1, 0.15) is 11.6 Å². The highest BCUT2D eigenvalue weighted by molar-refractivity contribution is 6.39. The Morgan fingerprint density at radius 3 is 2.56 bits per heavy atom. The van der Waals surface area contributed by atoms with E-state index in [2.05, 4.69) is 5.32 Å². The first-order chi connectivity index (χ1) is 12.0. The second-order valence-electron chi connectivity index (χ2n) is 5.49. The van der Waals surface area contributed by atoms with E-state index in [-0.39, 0.29) is 5.69 Å². The van der Waals surface area contributed by atoms with Crippen LogP contribution in [0.15, 0.2) is 48.5 Å². The molecule has 2 aromatic carbocycles. The van der Waals surface area contributed by atoms with Crippen LogP contribution in [0.4, 0.5) is 10.1 Å². The molecule has 6 heteroatoms. The van der Waals surface area contributed by atoms with Gasteiger partial charge >= 0.3 is 11.8 Å². The van der Waals surface area contributed by atoms with Crippen molar-refractivity contribution in [3.63, 3.8) is 0 Å². The second-order valence-corrected chi connectivity index (χ2v) is 5.49. The minimum Gasteiger partial charge on any atom is -0.492 e. The summed E-state index contributed by atoms with van der Waals surface area (Å²) in [6.07, 6.45) is 0.639. The third-order valence-corrected chi connectivity index (χ3v) is 3.61. The summed E-state index contributed by atoms with van der Waals surface area (Å²) >= 11 is 0. The van der Waals surface area contributed by atoms with Gasteiger partial charge in [0.2, 0.25) is 0 Å². The molecule has 0 aromatic heterocycles. The Morgan fingerprint density at radius 2 is 1.88 bits per heavy atom. The maximum atomic E-state index is 13.4. The molecule has 0 fully saturated rings. The summed E-state index contributed by atoms with van der Waals surface area (Å²) in [6.45, 7) is 2.54. The molecular weight excluding hydrogens is 323 g/mol. The quantitative estimate of drug-likeness (QED) is 0.820. The fourth-order valence-corrected chi connectivity index (χ4v) is 2.27. The number of halogens is 1. The molecule has 132 valence electrons. The fourth-order valence-electron chi connectivity index (χ4n) is 2.27. The summed E-state index contributed by atoms with van der Waals surface area (Å²) in [5, 5.41) is 2.42. The van der Waals surface area contributed by atoms with E-state index >= 15 is 0 Å². The molecule has 0 radical (unpaired) electrons. The number of nitrogens with one attached hydrogen (secondary N) is 1. The van der Waals surface area contributed by atoms with E-state index in [0.717, 1.165) is 11.6 Å². The van der Waals surface area contributed by atoms with E-state index in [0.29, 0.717) is 25.3 Å². The van der Waals surface area contributed by atoms with Crippen LogP contribution in [-0.2, 0) is 16.0 Å². The van der Waals surface area contributed by atoms with Gasteiger partial charge in [-0.2, -0.15) is 0 Å². The third kappa shape index (κ3) is 5.31. The number of rotatable bonds is 6. The lowest BCUT2D eigenvalue weighted by Gasteiger charge is -2.17. The number of carbonyl (C=O) groups excluding carboxylic acids is 2. The first-order valence-electron chi connectivity index (χ1n) is 8.04. The van der Waals surface area contributed by atoms with Gasteiger partial charge in [-0.15, -0.1) is 0 Å². The summed E-state index contributed by atoms with van der Waals surface area (Å²) in [5.41, 5.74) is 1.21. The van der Waals surface area contributed by atoms with Crippen LogP contribution in [0.2, 0.25) is 0 Å². The Balaban J connectivity index is 1.97. The highest BCUT2D eigenvalue weighted by Crippen LogP contribution is 2.25. The lowest BCUT2D eigenvalue weighted by Crippen LogP contribution is -2.38. The van der Waals surface area contributed by atoms with Crippen LogP contribution in [0.1, 0.15) is 12.5 Å². The van der Waals surface area contributed by atoms with Gasteiger partial charge in [0.25, 0.3) is 0 Å². The lowest BCUT2D eigenvalue weighted by atomic mass is 10.1. The van der Waals surface area contributed by atoms with Gasteiger partial charge in [-0.1, -0.05) is 30.3 Å². The van der Waals surface area contributed by atoms with E-state index in [1.54, 1.807) is 14.0 Å². The van der Waals surface area contributed by atoms with E-state index < -0.39 is 17.6 Å². The second kappa shape index (κ2) is 8.82. The number of amides is 2. The van der Waals surface area contributed by atoms with Gasteiger partial charge in [-0.3, -0.25) is 9.59 Å². The van der Waals surface area contributed by atoms with Crippen LogP contribution in [-0.4, -0.2) is 36.9 Å². The molecule has 0 saturated carbocycles. The first-order valence-corrected chi connectivity index (χ1v) is 8.04. The zero-order valence-corrected chi connectivity index (χ0v) is 14.3. The molecule has 0 aliphatic carbocycles. The Kier molecular flexibility index (Phi) is 6.51. The molecule has 0 unspecified atom stereocenters. The molecule has 0 bridgehead atoms. The number of carbonyl (C=O) groups is 2. The van der Waals surface area contributed by atoms with Gasteiger partial charge in [-0.25, -0.2) is 4.39 Å². The molecule has 0 spiro atoms. The molecule has 0 atom stereocenters. The molecule has 0 aliphatic heterocycles. The summed E-state index contributed by atoms with van der Waals surface area (Å²) in [4.78, 5) is 25.7.